The van der Waals surface area contributed by atoms with Crippen LogP contribution in [0, 0.1) is 19.8 Å². The van der Waals surface area contributed by atoms with E-state index < -0.39 is 0 Å². The van der Waals surface area contributed by atoms with E-state index in [0.29, 0.717) is 4.99 Å². The van der Waals surface area contributed by atoms with E-state index in [1.54, 1.807) is 0 Å². The smallest absolute Gasteiger partial charge is 0.0759 e. The van der Waals surface area contributed by atoms with Gasteiger partial charge in [0.2, 0.25) is 0 Å². The number of hydrogen-bond acceptors (Lipinski definition) is 1. The van der Waals surface area contributed by atoms with Crippen molar-refractivity contribution in [3.8, 4) is 0 Å². The highest BCUT2D eigenvalue weighted by Gasteiger charge is 2.06. The van der Waals surface area contributed by atoms with Crippen molar-refractivity contribution in [2.75, 3.05) is 0 Å². The van der Waals surface area contributed by atoms with E-state index in [-0.39, 0.29) is 5.92 Å². The highest BCUT2D eigenvalue weighted by Crippen LogP contribution is 2.13. The first kappa shape index (κ1) is 11.2. The molecule has 0 heterocycles. The molecule has 0 fully saturated rings. The van der Waals surface area contributed by atoms with Crippen LogP contribution in [0.3, 0.4) is 0 Å². The Labute approximate surface area is 91.3 Å². The first-order valence-electron chi connectivity index (χ1n) is 4.86. The molecule has 1 unspecified atom stereocenters. The Morgan fingerprint density at radius 1 is 1.36 bits per heavy atom. The fourth-order valence-electron chi connectivity index (χ4n) is 1.38. The summed E-state index contributed by atoms with van der Waals surface area (Å²) in [4.78, 5) is 0.600. The molecular formula is C12H17NS. The number of aryl methyl sites for hydroxylation is 2. The van der Waals surface area contributed by atoms with E-state index in [2.05, 4.69) is 39.0 Å². The molecule has 76 valence electrons. The third kappa shape index (κ3) is 2.81. The van der Waals surface area contributed by atoms with Gasteiger partial charge in [-0.25, -0.2) is 0 Å². The van der Waals surface area contributed by atoms with Gasteiger partial charge in [-0.2, -0.15) is 0 Å². The van der Waals surface area contributed by atoms with Crippen LogP contribution in [-0.4, -0.2) is 4.99 Å². The van der Waals surface area contributed by atoms with Crippen molar-refractivity contribution < 1.29 is 0 Å². The highest BCUT2D eigenvalue weighted by atomic mass is 32.1. The minimum Gasteiger partial charge on any atom is -0.393 e. The Bertz CT molecular complexity index is 344. The predicted molar refractivity (Wildman–Crippen MR) is 65.6 cm³/mol. The van der Waals surface area contributed by atoms with Crippen LogP contribution in [0.25, 0.3) is 0 Å². The van der Waals surface area contributed by atoms with E-state index in [9.17, 15) is 0 Å². The maximum absolute atomic E-state index is 5.58. The minimum atomic E-state index is 0.284. The molecule has 1 atom stereocenters. The topological polar surface area (TPSA) is 26.0 Å². The summed E-state index contributed by atoms with van der Waals surface area (Å²) in [6.07, 6.45) is 0.941. The van der Waals surface area contributed by atoms with Crippen molar-refractivity contribution in [1.29, 1.82) is 0 Å². The zero-order valence-corrected chi connectivity index (χ0v) is 9.82. The summed E-state index contributed by atoms with van der Waals surface area (Å²) in [6, 6.07) is 6.51. The molecule has 0 saturated heterocycles. The molecule has 0 aliphatic rings. The third-order valence-corrected chi connectivity index (χ3v) is 3.00. The van der Waals surface area contributed by atoms with Crippen LogP contribution in [0.1, 0.15) is 23.6 Å². The van der Waals surface area contributed by atoms with E-state index in [1.165, 1.54) is 16.7 Å². The van der Waals surface area contributed by atoms with Crippen LogP contribution in [-0.2, 0) is 6.42 Å². The van der Waals surface area contributed by atoms with Gasteiger partial charge in [0.1, 0.15) is 0 Å². The molecule has 1 aromatic carbocycles. The second kappa shape index (κ2) is 4.56. The predicted octanol–water partition coefficient (Wildman–Crippen LogP) is 2.77. The number of rotatable bonds is 3. The summed E-state index contributed by atoms with van der Waals surface area (Å²) in [5, 5.41) is 0. The Morgan fingerprint density at radius 2 is 2.00 bits per heavy atom. The summed E-state index contributed by atoms with van der Waals surface area (Å²) in [5.41, 5.74) is 9.56. The van der Waals surface area contributed by atoms with Crippen LogP contribution in [0.4, 0.5) is 0 Å². The summed E-state index contributed by atoms with van der Waals surface area (Å²) >= 11 is 4.95. The zero-order valence-electron chi connectivity index (χ0n) is 9.00. The molecule has 1 rings (SSSR count). The largest absolute Gasteiger partial charge is 0.393 e. The SMILES string of the molecule is Cc1ccc(CC(C)C(N)=S)cc1C. The average molecular weight is 207 g/mol. The lowest BCUT2D eigenvalue weighted by molar-refractivity contribution is 0.770. The number of nitrogens with two attached hydrogens (primary N) is 1. The normalized spacial score (nSPS) is 12.5. The quantitative estimate of drug-likeness (QED) is 0.771. The van der Waals surface area contributed by atoms with Crippen molar-refractivity contribution in [2.45, 2.75) is 27.2 Å². The van der Waals surface area contributed by atoms with Crippen LogP contribution < -0.4 is 5.73 Å². The maximum Gasteiger partial charge on any atom is 0.0759 e. The van der Waals surface area contributed by atoms with Gasteiger partial charge in [0.15, 0.2) is 0 Å². The molecule has 14 heavy (non-hydrogen) atoms. The van der Waals surface area contributed by atoms with E-state index in [1.807, 2.05) is 0 Å². The molecular weight excluding hydrogens is 190 g/mol. The maximum atomic E-state index is 5.58. The molecule has 0 aromatic heterocycles. The Hall–Kier alpha value is -0.890. The van der Waals surface area contributed by atoms with Gasteiger partial charge in [0, 0.05) is 5.92 Å². The van der Waals surface area contributed by atoms with Crippen molar-refractivity contribution in [1.82, 2.24) is 0 Å². The first-order chi connectivity index (χ1) is 6.50. The lowest BCUT2D eigenvalue weighted by Gasteiger charge is -2.10. The second-order valence-electron chi connectivity index (χ2n) is 3.93. The molecule has 0 radical (unpaired) electrons. The first-order valence-corrected chi connectivity index (χ1v) is 5.27. The van der Waals surface area contributed by atoms with Crippen molar-refractivity contribution in [3.05, 3.63) is 34.9 Å². The minimum absolute atomic E-state index is 0.284. The van der Waals surface area contributed by atoms with E-state index in [4.69, 9.17) is 18.0 Å². The van der Waals surface area contributed by atoms with Gasteiger partial charge < -0.3 is 5.73 Å². The van der Waals surface area contributed by atoms with Gasteiger partial charge in [-0.3, -0.25) is 0 Å². The molecule has 2 heteroatoms. The summed E-state index contributed by atoms with van der Waals surface area (Å²) in [7, 11) is 0. The van der Waals surface area contributed by atoms with Gasteiger partial charge in [-0.15, -0.1) is 0 Å². The van der Waals surface area contributed by atoms with Gasteiger partial charge in [-0.1, -0.05) is 37.3 Å². The van der Waals surface area contributed by atoms with Crippen molar-refractivity contribution >= 4 is 17.2 Å². The van der Waals surface area contributed by atoms with Crippen LogP contribution >= 0.6 is 12.2 Å². The monoisotopic (exact) mass is 207 g/mol. The van der Waals surface area contributed by atoms with Gasteiger partial charge in [0.25, 0.3) is 0 Å². The van der Waals surface area contributed by atoms with Gasteiger partial charge in [-0.05, 0) is 37.0 Å². The zero-order chi connectivity index (χ0) is 10.7. The standard InChI is InChI=1S/C12H17NS/c1-8-4-5-11(6-9(8)2)7-10(3)12(13)14/h4-6,10H,7H2,1-3H3,(H2,13,14). The molecule has 0 bridgehead atoms. The van der Waals surface area contributed by atoms with E-state index >= 15 is 0 Å². The molecule has 0 aliphatic heterocycles. The number of thiocarbonyl (C=S) groups is 1. The molecule has 0 amide bonds. The van der Waals surface area contributed by atoms with Crippen molar-refractivity contribution in [2.24, 2.45) is 11.7 Å². The molecule has 0 saturated carbocycles. The molecule has 0 aliphatic carbocycles. The summed E-state index contributed by atoms with van der Waals surface area (Å²) in [6.45, 7) is 6.32. The molecule has 1 aromatic rings. The average Bonchev–Trinajstić information content (AvgIpc) is 2.11. The highest BCUT2D eigenvalue weighted by molar-refractivity contribution is 7.80. The molecule has 0 spiro atoms. The Kier molecular flexibility index (Phi) is 3.64. The Balaban J connectivity index is 2.78. The number of hydrogen-bond donors (Lipinski definition) is 1. The third-order valence-electron chi connectivity index (χ3n) is 2.60. The van der Waals surface area contributed by atoms with E-state index in [0.717, 1.165) is 6.42 Å². The van der Waals surface area contributed by atoms with Crippen LogP contribution in [0.2, 0.25) is 0 Å². The Morgan fingerprint density at radius 3 is 2.50 bits per heavy atom. The van der Waals surface area contributed by atoms with Gasteiger partial charge in [0.05, 0.1) is 4.99 Å². The van der Waals surface area contributed by atoms with Crippen molar-refractivity contribution in [3.63, 3.8) is 0 Å². The molecule has 2 N–H and O–H groups in total. The van der Waals surface area contributed by atoms with Gasteiger partial charge >= 0.3 is 0 Å². The van der Waals surface area contributed by atoms with Crippen LogP contribution in [0.15, 0.2) is 18.2 Å². The lowest BCUT2D eigenvalue weighted by Crippen LogP contribution is -2.20. The lowest BCUT2D eigenvalue weighted by atomic mass is 9.98. The summed E-state index contributed by atoms with van der Waals surface area (Å²) < 4.78 is 0. The molecule has 1 nitrogen and oxygen atoms in total. The number of benzene rings is 1. The summed E-state index contributed by atoms with van der Waals surface area (Å²) in [5.74, 6) is 0.284. The second-order valence-corrected chi connectivity index (χ2v) is 4.40. The fraction of sp³-hybridized carbons (Fsp3) is 0.417. The fourth-order valence-corrected chi connectivity index (χ4v) is 1.47. The van der Waals surface area contributed by atoms with Crippen LogP contribution in [0.5, 0.6) is 0 Å².